The van der Waals surface area contributed by atoms with Crippen LogP contribution in [0.2, 0.25) is 0 Å². The Morgan fingerprint density at radius 1 is 1.35 bits per heavy atom. The second kappa shape index (κ2) is 5.41. The van der Waals surface area contributed by atoms with Crippen LogP contribution in [0.3, 0.4) is 0 Å². The first-order valence-electron chi connectivity index (χ1n) is 5.82. The largest absolute Gasteiger partial charge is 0.419 e. The molecule has 0 saturated heterocycles. The molecule has 20 heavy (non-hydrogen) atoms. The molecule has 108 valence electrons. The summed E-state index contributed by atoms with van der Waals surface area (Å²) in [6.45, 7) is 1.47. The van der Waals surface area contributed by atoms with Gasteiger partial charge in [0.15, 0.2) is 0 Å². The van der Waals surface area contributed by atoms with Crippen LogP contribution in [0.4, 0.5) is 19.0 Å². The predicted molar refractivity (Wildman–Crippen MR) is 71.6 cm³/mol. The number of nitrogens with zero attached hydrogens (tertiary/aromatic N) is 1. The quantitative estimate of drug-likeness (QED) is 0.909. The standard InChI is InChI=1S/C13H13F3N2OS/c1-12(19,9-4-6-20-7-9)8-18-11-10(13(14,15)16)3-2-5-17-11/h2-7,19H,8H2,1H3,(H,17,18). The number of anilines is 1. The summed E-state index contributed by atoms with van der Waals surface area (Å²) in [5.41, 5.74) is -1.46. The third kappa shape index (κ3) is 3.29. The van der Waals surface area contributed by atoms with E-state index in [0.717, 1.165) is 6.07 Å². The molecule has 0 amide bonds. The molecule has 0 aliphatic carbocycles. The lowest BCUT2D eigenvalue weighted by molar-refractivity contribution is -0.137. The van der Waals surface area contributed by atoms with Crippen molar-refractivity contribution in [1.82, 2.24) is 4.98 Å². The Morgan fingerprint density at radius 2 is 2.10 bits per heavy atom. The minimum Gasteiger partial charge on any atom is -0.384 e. The summed E-state index contributed by atoms with van der Waals surface area (Å²) in [5.74, 6) is -0.282. The van der Waals surface area contributed by atoms with Gasteiger partial charge in [-0.25, -0.2) is 4.98 Å². The number of nitrogens with one attached hydrogen (secondary N) is 1. The van der Waals surface area contributed by atoms with E-state index in [1.54, 1.807) is 16.8 Å². The number of rotatable bonds is 4. The molecule has 0 aliphatic heterocycles. The minimum atomic E-state index is -4.48. The zero-order valence-electron chi connectivity index (χ0n) is 10.6. The SMILES string of the molecule is CC(O)(CNc1ncccc1C(F)(F)F)c1ccsc1. The van der Waals surface area contributed by atoms with Gasteiger partial charge in [-0.1, -0.05) is 0 Å². The summed E-state index contributed by atoms with van der Waals surface area (Å²) in [6.07, 6.45) is -3.21. The number of thiophene rings is 1. The maximum atomic E-state index is 12.8. The average molecular weight is 302 g/mol. The van der Waals surface area contributed by atoms with E-state index >= 15 is 0 Å². The van der Waals surface area contributed by atoms with E-state index in [1.807, 2.05) is 0 Å². The van der Waals surface area contributed by atoms with Gasteiger partial charge in [-0.05, 0) is 41.4 Å². The molecular formula is C13H13F3N2OS. The highest BCUT2D eigenvalue weighted by molar-refractivity contribution is 7.08. The summed E-state index contributed by atoms with van der Waals surface area (Å²) in [7, 11) is 0. The maximum Gasteiger partial charge on any atom is 0.419 e. The lowest BCUT2D eigenvalue weighted by atomic mass is 9.99. The maximum absolute atomic E-state index is 12.8. The molecule has 3 nitrogen and oxygen atoms in total. The summed E-state index contributed by atoms with van der Waals surface area (Å²) >= 11 is 1.41. The molecule has 0 saturated carbocycles. The fourth-order valence-corrected chi connectivity index (χ4v) is 2.49. The molecule has 0 bridgehead atoms. The topological polar surface area (TPSA) is 45.1 Å². The van der Waals surface area contributed by atoms with Crippen LogP contribution in [0.25, 0.3) is 0 Å². The van der Waals surface area contributed by atoms with E-state index in [1.165, 1.54) is 30.5 Å². The third-order valence-electron chi connectivity index (χ3n) is 2.86. The van der Waals surface area contributed by atoms with Gasteiger partial charge in [-0.2, -0.15) is 24.5 Å². The predicted octanol–water partition coefficient (Wildman–Crippen LogP) is 3.48. The molecule has 2 heterocycles. The van der Waals surface area contributed by atoms with E-state index in [2.05, 4.69) is 10.3 Å². The number of aromatic nitrogens is 1. The van der Waals surface area contributed by atoms with Gasteiger partial charge in [0.2, 0.25) is 0 Å². The molecule has 2 rings (SSSR count). The van der Waals surface area contributed by atoms with Crippen LogP contribution in [0, 0.1) is 0 Å². The normalized spacial score (nSPS) is 14.8. The lowest BCUT2D eigenvalue weighted by Gasteiger charge is -2.24. The first-order chi connectivity index (χ1) is 9.31. The molecule has 7 heteroatoms. The monoisotopic (exact) mass is 302 g/mol. The third-order valence-corrected chi connectivity index (χ3v) is 3.54. The second-order valence-corrected chi connectivity index (χ2v) is 5.32. The fourth-order valence-electron chi connectivity index (χ4n) is 1.70. The van der Waals surface area contributed by atoms with E-state index in [-0.39, 0.29) is 12.4 Å². The molecule has 0 spiro atoms. The first kappa shape index (κ1) is 14.8. The van der Waals surface area contributed by atoms with Crippen molar-refractivity contribution in [3.05, 3.63) is 46.3 Å². The second-order valence-electron chi connectivity index (χ2n) is 4.54. The van der Waals surface area contributed by atoms with E-state index in [9.17, 15) is 18.3 Å². The first-order valence-corrected chi connectivity index (χ1v) is 6.76. The van der Waals surface area contributed by atoms with E-state index in [4.69, 9.17) is 0 Å². The van der Waals surface area contributed by atoms with Gasteiger partial charge in [0, 0.05) is 12.7 Å². The lowest BCUT2D eigenvalue weighted by Crippen LogP contribution is -2.31. The molecular weight excluding hydrogens is 289 g/mol. The van der Waals surface area contributed by atoms with Gasteiger partial charge in [0.1, 0.15) is 11.4 Å². The van der Waals surface area contributed by atoms with Crippen molar-refractivity contribution in [2.24, 2.45) is 0 Å². The molecule has 0 radical (unpaired) electrons. The van der Waals surface area contributed by atoms with E-state index in [0.29, 0.717) is 5.56 Å². The Bertz CT molecular complexity index is 567. The van der Waals surface area contributed by atoms with E-state index < -0.39 is 17.3 Å². The van der Waals surface area contributed by atoms with Crippen LogP contribution in [-0.2, 0) is 11.8 Å². The molecule has 0 aliphatic rings. The number of hydrogen-bond donors (Lipinski definition) is 2. The fraction of sp³-hybridized carbons (Fsp3) is 0.308. The van der Waals surface area contributed by atoms with Crippen molar-refractivity contribution in [3.63, 3.8) is 0 Å². The van der Waals surface area contributed by atoms with Crippen molar-refractivity contribution >= 4 is 17.2 Å². The van der Waals surface area contributed by atoms with Crippen molar-refractivity contribution in [2.75, 3.05) is 11.9 Å². The number of hydrogen-bond acceptors (Lipinski definition) is 4. The highest BCUT2D eigenvalue weighted by Crippen LogP contribution is 2.34. The molecule has 0 aromatic carbocycles. The van der Waals surface area contributed by atoms with Crippen molar-refractivity contribution in [2.45, 2.75) is 18.7 Å². The summed E-state index contributed by atoms with van der Waals surface area (Å²) in [6, 6.07) is 3.91. The number of pyridine rings is 1. The highest BCUT2D eigenvalue weighted by Gasteiger charge is 2.34. The molecule has 2 N–H and O–H groups in total. The smallest absolute Gasteiger partial charge is 0.384 e. The van der Waals surface area contributed by atoms with Crippen LogP contribution in [-0.4, -0.2) is 16.6 Å². The van der Waals surface area contributed by atoms with Crippen LogP contribution in [0.15, 0.2) is 35.2 Å². The van der Waals surface area contributed by atoms with Crippen LogP contribution >= 0.6 is 11.3 Å². The Morgan fingerprint density at radius 3 is 2.70 bits per heavy atom. The zero-order chi connectivity index (χ0) is 14.8. The van der Waals surface area contributed by atoms with Gasteiger partial charge >= 0.3 is 6.18 Å². The van der Waals surface area contributed by atoms with Gasteiger partial charge < -0.3 is 10.4 Å². The van der Waals surface area contributed by atoms with Crippen molar-refractivity contribution in [1.29, 1.82) is 0 Å². The van der Waals surface area contributed by atoms with Crippen LogP contribution < -0.4 is 5.32 Å². The molecule has 1 atom stereocenters. The molecule has 2 aromatic rings. The van der Waals surface area contributed by atoms with Crippen LogP contribution in [0.1, 0.15) is 18.1 Å². The molecule has 1 unspecified atom stereocenters. The zero-order valence-corrected chi connectivity index (χ0v) is 11.4. The summed E-state index contributed by atoms with van der Waals surface area (Å²) in [4.78, 5) is 3.69. The van der Waals surface area contributed by atoms with Gasteiger partial charge in [-0.3, -0.25) is 0 Å². The average Bonchev–Trinajstić information content (AvgIpc) is 2.90. The van der Waals surface area contributed by atoms with Gasteiger partial charge in [0.25, 0.3) is 0 Å². The number of alkyl halides is 3. The van der Waals surface area contributed by atoms with Gasteiger partial charge in [-0.15, -0.1) is 0 Å². The Hall–Kier alpha value is -1.60. The number of aliphatic hydroxyl groups is 1. The van der Waals surface area contributed by atoms with Gasteiger partial charge in [0.05, 0.1) is 5.56 Å². The minimum absolute atomic E-state index is 0.0656. The summed E-state index contributed by atoms with van der Waals surface area (Å²) in [5, 5.41) is 16.4. The Balaban J connectivity index is 2.16. The Labute approximate surface area is 118 Å². The number of halogens is 3. The molecule has 0 fully saturated rings. The van der Waals surface area contributed by atoms with Crippen molar-refractivity contribution in [3.8, 4) is 0 Å². The highest BCUT2D eigenvalue weighted by atomic mass is 32.1. The summed E-state index contributed by atoms with van der Waals surface area (Å²) < 4.78 is 38.4. The molecule has 2 aromatic heterocycles. The van der Waals surface area contributed by atoms with Crippen LogP contribution in [0.5, 0.6) is 0 Å². The van der Waals surface area contributed by atoms with Crippen molar-refractivity contribution < 1.29 is 18.3 Å². The Kier molecular flexibility index (Phi) is 4.01.